The molecule has 0 aliphatic rings. The van der Waals surface area contributed by atoms with Crippen molar-refractivity contribution in [3.63, 3.8) is 0 Å². The fraction of sp³-hybridized carbons (Fsp3) is 0.143. The summed E-state index contributed by atoms with van der Waals surface area (Å²) in [6.07, 6.45) is 7.77. The molecule has 0 atom stereocenters. The number of hydrogen-bond acceptors (Lipinski definition) is 5. The van der Waals surface area contributed by atoms with Crippen LogP contribution in [0.4, 0.5) is 4.39 Å². The Hall–Kier alpha value is -4.43. The number of rotatable bonds is 6. The number of aryl methyl sites for hydroxylation is 1. The third-order valence-electron chi connectivity index (χ3n) is 6.31. The molecule has 0 bridgehead atoms. The van der Waals surface area contributed by atoms with Gasteiger partial charge < -0.3 is 5.32 Å². The number of hydrogen-bond donors (Lipinski definition) is 1. The molecule has 0 aliphatic carbocycles. The Bertz CT molecular complexity index is 1720. The minimum absolute atomic E-state index is 0.331. The van der Waals surface area contributed by atoms with Gasteiger partial charge in [0.25, 0.3) is 0 Å². The predicted molar refractivity (Wildman–Crippen MR) is 139 cm³/mol. The van der Waals surface area contributed by atoms with Gasteiger partial charge in [-0.2, -0.15) is 5.10 Å². The molecule has 5 heterocycles. The lowest BCUT2D eigenvalue weighted by Gasteiger charge is -2.08. The van der Waals surface area contributed by atoms with Gasteiger partial charge in [0.15, 0.2) is 0 Å². The number of likely N-dealkylation sites (N-methyl/N-ethyl adjacent to an activating group) is 1. The first-order valence-electron chi connectivity index (χ1n) is 11.8. The third-order valence-corrected chi connectivity index (χ3v) is 6.31. The number of nitrogens with one attached hydrogen (secondary N) is 1. The van der Waals surface area contributed by atoms with Crippen molar-refractivity contribution >= 4 is 16.6 Å². The lowest BCUT2D eigenvalue weighted by molar-refractivity contribution is 0.585. The molecule has 0 saturated heterocycles. The second-order valence-electron chi connectivity index (χ2n) is 8.73. The first-order valence-corrected chi connectivity index (χ1v) is 11.8. The van der Waals surface area contributed by atoms with Crippen LogP contribution in [-0.2, 0) is 6.54 Å². The molecule has 36 heavy (non-hydrogen) atoms. The molecule has 0 unspecified atom stereocenters. The van der Waals surface area contributed by atoms with E-state index < -0.39 is 0 Å². The highest BCUT2D eigenvalue weighted by atomic mass is 19.1. The Labute approximate surface area is 207 Å². The first-order chi connectivity index (χ1) is 17.6. The standard InChI is InChI=1S/C28H24FN7/c1-18-23(29)7-9-25(33-18)27-28(36-11-4-3-5-26(36)34-27)19-6-8-24-20(13-19)14-21(15-31-24)22-16-32-35(17-22)12-10-30-2/h3-9,11,13-17,30H,10,12H2,1-2H3. The quantitative estimate of drug-likeness (QED) is 0.360. The van der Waals surface area contributed by atoms with E-state index in [0.29, 0.717) is 17.1 Å². The zero-order chi connectivity index (χ0) is 24.6. The highest BCUT2D eigenvalue weighted by molar-refractivity contribution is 5.90. The summed E-state index contributed by atoms with van der Waals surface area (Å²) >= 11 is 0. The normalized spacial score (nSPS) is 11.5. The summed E-state index contributed by atoms with van der Waals surface area (Å²) < 4.78 is 17.9. The summed E-state index contributed by atoms with van der Waals surface area (Å²) in [7, 11) is 1.93. The second-order valence-corrected chi connectivity index (χ2v) is 8.73. The van der Waals surface area contributed by atoms with Gasteiger partial charge >= 0.3 is 0 Å². The number of halogens is 1. The van der Waals surface area contributed by atoms with Crippen LogP contribution in [0.5, 0.6) is 0 Å². The van der Waals surface area contributed by atoms with Crippen LogP contribution < -0.4 is 5.32 Å². The molecule has 7 nitrogen and oxygen atoms in total. The fourth-order valence-corrected chi connectivity index (χ4v) is 4.42. The summed E-state index contributed by atoms with van der Waals surface area (Å²) in [6, 6.07) is 17.3. The van der Waals surface area contributed by atoms with E-state index in [9.17, 15) is 4.39 Å². The van der Waals surface area contributed by atoms with Crippen molar-refractivity contribution in [1.29, 1.82) is 0 Å². The van der Waals surface area contributed by atoms with Gasteiger partial charge in [-0.25, -0.2) is 14.4 Å². The first kappa shape index (κ1) is 22.1. The van der Waals surface area contributed by atoms with E-state index in [2.05, 4.69) is 32.5 Å². The molecule has 0 saturated carbocycles. The van der Waals surface area contributed by atoms with Crippen molar-refractivity contribution in [3.05, 3.63) is 90.9 Å². The maximum Gasteiger partial charge on any atom is 0.144 e. The van der Waals surface area contributed by atoms with Gasteiger partial charge in [0.1, 0.15) is 17.2 Å². The summed E-state index contributed by atoms with van der Waals surface area (Å²) in [4.78, 5) is 14.0. The number of aromatic nitrogens is 6. The summed E-state index contributed by atoms with van der Waals surface area (Å²) in [5, 5.41) is 8.61. The van der Waals surface area contributed by atoms with Crippen molar-refractivity contribution in [2.75, 3.05) is 13.6 Å². The molecule has 0 aliphatic heterocycles. The number of nitrogens with zero attached hydrogens (tertiary/aromatic N) is 6. The molecule has 8 heteroatoms. The average molecular weight is 478 g/mol. The number of benzene rings is 1. The third kappa shape index (κ3) is 3.91. The van der Waals surface area contributed by atoms with E-state index in [1.807, 2.05) is 71.2 Å². The van der Waals surface area contributed by atoms with Crippen LogP contribution in [0.15, 0.2) is 79.4 Å². The van der Waals surface area contributed by atoms with Gasteiger partial charge in [0.2, 0.25) is 0 Å². The molecule has 6 aromatic rings. The maximum atomic E-state index is 14.0. The predicted octanol–water partition coefficient (Wildman–Crippen LogP) is 5.14. The van der Waals surface area contributed by atoms with Gasteiger partial charge in [0, 0.05) is 47.2 Å². The van der Waals surface area contributed by atoms with Gasteiger partial charge in [-0.1, -0.05) is 12.1 Å². The SMILES string of the molecule is CNCCn1cc(-c2cnc3ccc(-c4c(-c5ccc(F)c(C)n5)nc5ccccn45)cc3c2)cn1. The van der Waals surface area contributed by atoms with E-state index >= 15 is 0 Å². The van der Waals surface area contributed by atoms with Gasteiger partial charge in [-0.15, -0.1) is 0 Å². The zero-order valence-electron chi connectivity index (χ0n) is 20.0. The van der Waals surface area contributed by atoms with E-state index in [4.69, 9.17) is 4.98 Å². The maximum absolute atomic E-state index is 14.0. The molecule has 0 radical (unpaired) electrons. The zero-order valence-corrected chi connectivity index (χ0v) is 20.0. The van der Waals surface area contributed by atoms with Gasteiger partial charge in [-0.3, -0.25) is 14.1 Å². The van der Waals surface area contributed by atoms with Crippen molar-refractivity contribution in [2.24, 2.45) is 0 Å². The van der Waals surface area contributed by atoms with Crippen molar-refractivity contribution in [3.8, 4) is 33.8 Å². The highest BCUT2D eigenvalue weighted by Gasteiger charge is 2.18. The van der Waals surface area contributed by atoms with E-state index in [1.165, 1.54) is 6.07 Å². The van der Waals surface area contributed by atoms with Crippen LogP contribution in [0.3, 0.4) is 0 Å². The van der Waals surface area contributed by atoms with E-state index in [-0.39, 0.29) is 5.82 Å². The van der Waals surface area contributed by atoms with Crippen LogP contribution in [-0.4, -0.2) is 42.7 Å². The van der Waals surface area contributed by atoms with Crippen LogP contribution in [0.2, 0.25) is 0 Å². The lowest BCUT2D eigenvalue weighted by Crippen LogP contribution is -2.14. The molecule has 0 fully saturated rings. The molecular formula is C28H24FN7. The van der Waals surface area contributed by atoms with Crippen LogP contribution in [0.25, 0.3) is 50.3 Å². The molecule has 1 aromatic carbocycles. The number of fused-ring (bicyclic) bond motifs is 2. The lowest BCUT2D eigenvalue weighted by atomic mass is 10.0. The Morgan fingerprint density at radius 3 is 2.69 bits per heavy atom. The summed E-state index contributed by atoms with van der Waals surface area (Å²) in [6.45, 7) is 3.32. The minimum Gasteiger partial charge on any atom is -0.318 e. The molecule has 178 valence electrons. The molecule has 0 amide bonds. The Kier molecular flexibility index (Phi) is 5.50. The topological polar surface area (TPSA) is 72.9 Å². The smallest absolute Gasteiger partial charge is 0.144 e. The molecule has 1 N–H and O–H groups in total. The van der Waals surface area contributed by atoms with Crippen LogP contribution >= 0.6 is 0 Å². The van der Waals surface area contributed by atoms with Crippen molar-refractivity contribution < 1.29 is 4.39 Å². The number of imidazole rings is 1. The van der Waals surface area contributed by atoms with Crippen LogP contribution in [0, 0.1) is 12.7 Å². The average Bonchev–Trinajstić information content (AvgIpc) is 3.53. The summed E-state index contributed by atoms with van der Waals surface area (Å²) in [5.41, 5.74) is 7.28. The molecule has 6 rings (SSSR count). The largest absolute Gasteiger partial charge is 0.318 e. The second kappa shape index (κ2) is 8.98. The molecular weight excluding hydrogens is 453 g/mol. The highest BCUT2D eigenvalue weighted by Crippen LogP contribution is 2.34. The Balaban J connectivity index is 1.48. The van der Waals surface area contributed by atoms with Gasteiger partial charge in [0.05, 0.1) is 35.3 Å². The van der Waals surface area contributed by atoms with Crippen molar-refractivity contribution in [1.82, 2.24) is 34.4 Å². The van der Waals surface area contributed by atoms with Crippen LogP contribution in [0.1, 0.15) is 5.69 Å². The molecule has 0 spiro atoms. The van der Waals surface area contributed by atoms with E-state index in [0.717, 1.165) is 52.0 Å². The van der Waals surface area contributed by atoms with Gasteiger partial charge in [-0.05, 0) is 56.4 Å². The minimum atomic E-state index is -0.331. The monoisotopic (exact) mass is 477 g/mol. The van der Waals surface area contributed by atoms with Crippen molar-refractivity contribution in [2.45, 2.75) is 13.5 Å². The van der Waals surface area contributed by atoms with E-state index in [1.54, 1.807) is 13.0 Å². The summed E-state index contributed by atoms with van der Waals surface area (Å²) in [5.74, 6) is -0.331. The Morgan fingerprint density at radius 2 is 1.83 bits per heavy atom. The fourth-order valence-electron chi connectivity index (χ4n) is 4.42. The molecule has 5 aromatic heterocycles. The number of pyridine rings is 3. The Morgan fingerprint density at radius 1 is 0.944 bits per heavy atom.